The van der Waals surface area contributed by atoms with Crippen molar-refractivity contribution in [3.8, 4) is 29.0 Å². The van der Waals surface area contributed by atoms with Crippen LogP contribution in [0.25, 0.3) is 32.1 Å². The molecule has 5 atom stereocenters. The van der Waals surface area contributed by atoms with Crippen molar-refractivity contribution in [3.05, 3.63) is 34.4 Å². The first-order chi connectivity index (χ1) is 22.6. The Hall–Kier alpha value is -3.57. The van der Waals surface area contributed by atoms with Crippen molar-refractivity contribution >= 4 is 54.7 Å². The highest BCUT2D eigenvalue weighted by molar-refractivity contribution is 7.23. The summed E-state index contributed by atoms with van der Waals surface area (Å²) in [5.41, 5.74) is 5.72. The van der Waals surface area contributed by atoms with Gasteiger partial charge in [0.1, 0.15) is 47.1 Å². The molecule has 0 saturated carbocycles. The van der Waals surface area contributed by atoms with E-state index in [0.717, 1.165) is 43.7 Å². The molecule has 3 saturated heterocycles. The minimum atomic E-state index is -0.937. The van der Waals surface area contributed by atoms with Crippen molar-refractivity contribution in [2.24, 2.45) is 0 Å². The lowest BCUT2D eigenvalue weighted by atomic mass is 9.95. The Morgan fingerprint density at radius 1 is 1.26 bits per heavy atom. The zero-order valence-corrected chi connectivity index (χ0v) is 27.5. The van der Waals surface area contributed by atoms with Crippen molar-refractivity contribution in [1.29, 1.82) is 5.26 Å². The third kappa shape index (κ3) is 4.70. The number of halogens is 4. The van der Waals surface area contributed by atoms with E-state index >= 15 is 8.78 Å². The first kappa shape index (κ1) is 30.7. The summed E-state index contributed by atoms with van der Waals surface area (Å²) in [7, 11) is 0. The average Bonchev–Trinajstić information content (AvgIpc) is 3.78. The van der Waals surface area contributed by atoms with Crippen LogP contribution in [0.5, 0.6) is 11.8 Å². The lowest BCUT2D eigenvalue weighted by Gasteiger charge is -2.33. The predicted octanol–water partition coefficient (Wildman–Crippen LogP) is 6.19. The number of nitriles is 1. The molecule has 0 amide bonds. The number of nitrogens with one attached hydrogen (secondary N) is 1. The maximum Gasteiger partial charge on any atom is 0.319 e. The van der Waals surface area contributed by atoms with Crippen LogP contribution in [-0.2, 0) is 0 Å². The van der Waals surface area contributed by atoms with Gasteiger partial charge in [-0.05, 0) is 57.8 Å². The van der Waals surface area contributed by atoms with E-state index in [2.05, 4.69) is 27.0 Å². The third-order valence-corrected chi connectivity index (χ3v) is 11.7. The van der Waals surface area contributed by atoms with E-state index in [0.29, 0.717) is 30.7 Å². The van der Waals surface area contributed by atoms with Crippen LogP contribution < -0.4 is 25.4 Å². The molecular formula is C33H33ClF3N7O2S. The summed E-state index contributed by atoms with van der Waals surface area (Å²) in [5.74, 6) is -0.733. The number of benzene rings is 2. The maximum absolute atomic E-state index is 17.2. The van der Waals surface area contributed by atoms with E-state index in [1.165, 1.54) is 12.1 Å². The smallest absolute Gasteiger partial charge is 0.319 e. The summed E-state index contributed by atoms with van der Waals surface area (Å²) in [6, 6.07) is 4.75. The number of aromatic nitrogens is 2. The van der Waals surface area contributed by atoms with Gasteiger partial charge in [-0.2, -0.15) is 15.2 Å². The maximum atomic E-state index is 17.2. The molecular weight excluding hydrogens is 651 g/mol. The minimum absolute atomic E-state index is 0.0224. The Labute approximate surface area is 278 Å². The highest BCUT2D eigenvalue weighted by Gasteiger charge is 2.49. The zero-order valence-electron chi connectivity index (χ0n) is 25.9. The normalized spacial score (nSPS) is 27.3. The van der Waals surface area contributed by atoms with Gasteiger partial charge < -0.3 is 25.4 Å². The average molecular weight is 684 g/mol. The van der Waals surface area contributed by atoms with Crippen LogP contribution in [0.1, 0.15) is 45.1 Å². The predicted molar refractivity (Wildman–Crippen MR) is 176 cm³/mol. The van der Waals surface area contributed by atoms with Gasteiger partial charge in [-0.25, -0.2) is 13.2 Å². The molecule has 3 N–H and O–H groups in total. The summed E-state index contributed by atoms with van der Waals surface area (Å²) in [6.45, 7) is 6.59. The number of nitrogen functional groups attached to an aromatic ring is 1. The topological polar surface area (TPSA) is 113 Å². The van der Waals surface area contributed by atoms with E-state index in [1.54, 1.807) is 0 Å². The molecule has 47 heavy (non-hydrogen) atoms. The molecule has 6 heterocycles. The molecule has 246 valence electrons. The van der Waals surface area contributed by atoms with Gasteiger partial charge in [-0.3, -0.25) is 4.90 Å². The highest BCUT2D eigenvalue weighted by Crippen LogP contribution is 2.51. The highest BCUT2D eigenvalue weighted by atomic mass is 35.5. The van der Waals surface area contributed by atoms with E-state index in [1.807, 2.05) is 13.0 Å². The van der Waals surface area contributed by atoms with Crippen molar-refractivity contribution < 1.29 is 22.6 Å². The molecule has 0 spiro atoms. The number of hydrogen-bond donors (Lipinski definition) is 2. The number of alkyl halides is 1. The molecule has 9 nitrogen and oxygen atoms in total. The fraction of sp³-hybridized carbons (Fsp3) is 0.485. The largest absolute Gasteiger partial charge is 0.486 e. The van der Waals surface area contributed by atoms with Crippen molar-refractivity contribution in [2.75, 3.05) is 43.4 Å². The summed E-state index contributed by atoms with van der Waals surface area (Å²) < 4.78 is 59.7. The fourth-order valence-electron chi connectivity index (χ4n) is 8.18. The third-order valence-electron chi connectivity index (χ3n) is 10.3. The Kier molecular flexibility index (Phi) is 7.36. The number of hydrogen-bond acceptors (Lipinski definition) is 10. The van der Waals surface area contributed by atoms with E-state index in [9.17, 15) is 9.65 Å². The van der Waals surface area contributed by atoms with Gasteiger partial charge in [0.15, 0.2) is 11.6 Å². The van der Waals surface area contributed by atoms with Gasteiger partial charge >= 0.3 is 6.01 Å². The van der Waals surface area contributed by atoms with Gasteiger partial charge in [-0.15, -0.1) is 11.3 Å². The van der Waals surface area contributed by atoms with E-state index in [4.69, 9.17) is 31.8 Å². The van der Waals surface area contributed by atoms with Crippen LogP contribution in [0.3, 0.4) is 0 Å². The van der Waals surface area contributed by atoms with Gasteiger partial charge in [-0.1, -0.05) is 17.7 Å². The Morgan fingerprint density at radius 3 is 2.85 bits per heavy atom. The lowest BCUT2D eigenvalue weighted by molar-refractivity contribution is 0.107. The number of nitrogens with zero attached hydrogens (tertiary/aromatic N) is 5. The van der Waals surface area contributed by atoms with Crippen LogP contribution >= 0.6 is 22.9 Å². The molecule has 2 aromatic carbocycles. The van der Waals surface area contributed by atoms with Crippen LogP contribution in [0.4, 0.5) is 24.0 Å². The Morgan fingerprint density at radius 2 is 2.09 bits per heavy atom. The number of anilines is 2. The molecule has 4 aliphatic rings. The summed E-state index contributed by atoms with van der Waals surface area (Å²) in [4.78, 5) is 13.8. The van der Waals surface area contributed by atoms with E-state index in [-0.39, 0.29) is 78.9 Å². The number of fused-ring (bicyclic) bond motifs is 2. The van der Waals surface area contributed by atoms with Crippen LogP contribution in [0.2, 0.25) is 5.02 Å². The SMILES string of the molecule is C[C@H]1CN([C@@H]2CCN[C@@H]2C)c2nc(OC[C@@]34CCCN3C[C@H](F)C4)nc3c(F)c(-c4ccc(F)c5sc(N)c(C#N)c45)c(Cl)c(c23)O1. The molecule has 3 fully saturated rings. The molecule has 0 unspecified atom stereocenters. The summed E-state index contributed by atoms with van der Waals surface area (Å²) in [5, 5.41) is 14.0. The monoisotopic (exact) mass is 683 g/mol. The standard InChI is InChI=1S/C33H33ClF3N7O2S/c1-15-12-44(21-6-8-40-16(21)2)31-24-27(41-32(42-31)45-14-33-7-3-9-43(33)13-17(35)10-33)26(37)23(25(34)28(24)46-15)18-4-5-20(36)29-22(18)19(11-38)30(39)47-29/h4-5,15-17,21,40H,3,6-10,12-14,39H2,1-2H3/t15-,16+,17+,21+,33-/m0/s1. The molecule has 0 aliphatic carbocycles. The number of rotatable bonds is 5. The molecule has 8 rings (SSSR count). The zero-order chi connectivity index (χ0) is 32.8. The van der Waals surface area contributed by atoms with Gasteiger partial charge in [0.05, 0.1) is 32.8 Å². The molecule has 2 aromatic heterocycles. The molecule has 14 heteroatoms. The second-order valence-electron chi connectivity index (χ2n) is 13.2. The second kappa shape index (κ2) is 11.3. The first-order valence-electron chi connectivity index (χ1n) is 15.9. The van der Waals surface area contributed by atoms with Crippen molar-refractivity contribution in [2.45, 2.75) is 69.4 Å². The Balaban J connectivity index is 1.36. The molecule has 0 bridgehead atoms. The van der Waals surface area contributed by atoms with E-state index < -0.39 is 23.3 Å². The molecule has 4 aliphatic heterocycles. The number of nitrogens with two attached hydrogens (primary N) is 1. The quantitative estimate of drug-likeness (QED) is 0.254. The van der Waals surface area contributed by atoms with Gasteiger partial charge in [0.2, 0.25) is 0 Å². The minimum Gasteiger partial charge on any atom is -0.486 e. The van der Waals surface area contributed by atoms with Crippen molar-refractivity contribution in [3.63, 3.8) is 0 Å². The first-order valence-corrected chi connectivity index (χ1v) is 17.1. The summed E-state index contributed by atoms with van der Waals surface area (Å²) >= 11 is 8.00. The Bertz CT molecular complexity index is 1990. The second-order valence-corrected chi connectivity index (χ2v) is 14.6. The summed E-state index contributed by atoms with van der Waals surface area (Å²) in [6.07, 6.45) is 1.61. The van der Waals surface area contributed by atoms with Crippen LogP contribution in [0.15, 0.2) is 12.1 Å². The lowest BCUT2D eigenvalue weighted by Crippen LogP contribution is -2.46. The number of thiophene rings is 1. The van der Waals surface area contributed by atoms with Gasteiger partial charge in [0, 0.05) is 36.0 Å². The van der Waals surface area contributed by atoms with Gasteiger partial charge in [0.25, 0.3) is 0 Å². The van der Waals surface area contributed by atoms with Crippen molar-refractivity contribution in [1.82, 2.24) is 20.2 Å². The fourth-order valence-corrected chi connectivity index (χ4v) is 9.45. The van der Waals surface area contributed by atoms with Crippen LogP contribution in [0, 0.1) is 23.0 Å². The molecule has 4 aromatic rings. The van der Waals surface area contributed by atoms with Crippen LogP contribution in [-0.4, -0.2) is 77.6 Å². The molecule has 0 radical (unpaired) electrons. The number of ether oxygens (including phenoxy) is 2.